The number of nitrogens with zero attached hydrogens (tertiary/aromatic N) is 1. The maximum atomic E-state index is 13.4. The molecular weight excluding hydrogens is 309 g/mol. The third kappa shape index (κ3) is 3.76. The molecule has 1 atom stereocenters. The van der Waals surface area contributed by atoms with Crippen molar-refractivity contribution in [2.75, 3.05) is 23.9 Å². The molecule has 1 fully saturated rings. The number of urea groups is 1. The molecule has 1 unspecified atom stereocenters. The predicted molar refractivity (Wildman–Crippen MR) is 82.1 cm³/mol. The Morgan fingerprint density at radius 2 is 2.14 bits per heavy atom. The molecule has 2 rings (SSSR count). The van der Waals surface area contributed by atoms with Crippen molar-refractivity contribution in [2.24, 2.45) is 0 Å². The Bertz CT molecular complexity index is 596. The number of hydrogen-bond donors (Lipinski definition) is 2. The van der Waals surface area contributed by atoms with Gasteiger partial charge in [-0.05, 0) is 30.6 Å². The average molecular weight is 325 g/mol. The number of hydrogen-bond acceptors (Lipinski definition) is 4. The van der Waals surface area contributed by atoms with E-state index in [9.17, 15) is 18.8 Å². The summed E-state index contributed by atoms with van der Waals surface area (Å²) in [6.45, 7) is -0.436. The molecule has 1 aromatic rings. The van der Waals surface area contributed by atoms with Crippen molar-refractivity contribution in [3.63, 3.8) is 0 Å². The highest BCUT2D eigenvalue weighted by Gasteiger charge is 2.38. The van der Waals surface area contributed by atoms with Gasteiger partial charge in [-0.15, -0.1) is 0 Å². The van der Waals surface area contributed by atoms with Crippen molar-refractivity contribution in [2.45, 2.75) is 12.5 Å². The van der Waals surface area contributed by atoms with E-state index in [0.29, 0.717) is 6.42 Å². The summed E-state index contributed by atoms with van der Waals surface area (Å²) in [5.41, 5.74) is 0.0125. The van der Waals surface area contributed by atoms with Crippen molar-refractivity contribution in [1.29, 1.82) is 0 Å². The molecule has 1 aliphatic heterocycles. The molecule has 1 aromatic carbocycles. The first-order valence-corrected chi connectivity index (χ1v) is 8.07. The molecule has 118 valence electrons. The number of carbonyl (C=O) groups is 3. The van der Waals surface area contributed by atoms with Gasteiger partial charge < -0.3 is 10.6 Å². The fourth-order valence-corrected chi connectivity index (χ4v) is 2.53. The van der Waals surface area contributed by atoms with Gasteiger partial charge in [-0.25, -0.2) is 9.18 Å². The number of benzene rings is 1. The van der Waals surface area contributed by atoms with Crippen LogP contribution in [-0.4, -0.2) is 47.3 Å². The molecule has 4 amide bonds. The minimum absolute atomic E-state index is 0.0125. The molecule has 0 aromatic heterocycles. The minimum atomic E-state index is -0.626. The van der Waals surface area contributed by atoms with Crippen LogP contribution in [0.3, 0.4) is 0 Å². The van der Waals surface area contributed by atoms with Crippen LogP contribution in [0.15, 0.2) is 24.3 Å². The van der Waals surface area contributed by atoms with Crippen LogP contribution >= 0.6 is 11.8 Å². The zero-order valence-corrected chi connectivity index (χ0v) is 12.8. The van der Waals surface area contributed by atoms with Gasteiger partial charge in [-0.2, -0.15) is 11.8 Å². The summed E-state index contributed by atoms with van der Waals surface area (Å²) in [7, 11) is 0. The monoisotopic (exact) mass is 325 g/mol. The van der Waals surface area contributed by atoms with Crippen LogP contribution < -0.4 is 10.6 Å². The fraction of sp³-hybridized carbons (Fsp3) is 0.357. The fourth-order valence-electron chi connectivity index (χ4n) is 2.05. The van der Waals surface area contributed by atoms with E-state index in [2.05, 4.69) is 10.6 Å². The third-order valence-electron chi connectivity index (χ3n) is 3.17. The summed E-state index contributed by atoms with van der Waals surface area (Å²) in [6, 6.07) is 4.49. The van der Waals surface area contributed by atoms with E-state index in [1.807, 2.05) is 6.26 Å². The van der Waals surface area contributed by atoms with Crippen molar-refractivity contribution >= 4 is 35.3 Å². The van der Waals surface area contributed by atoms with Crippen LogP contribution in [0.5, 0.6) is 0 Å². The Hall–Kier alpha value is -2.09. The van der Waals surface area contributed by atoms with E-state index in [0.717, 1.165) is 10.7 Å². The summed E-state index contributed by atoms with van der Waals surface area (Å²) in [5.74, 6) is -0.904. The van der Waals surface area contributed by atoms with Gasteiger partial charge in [0, 0.05) is 0 Å². The van der Waals surface area contributed by atoms with Gasteiger partial charge in [0.1, 0.15) is 18.4 Å². The Kier molecular flexibility index (Phi) is 5.37. The molecule has 0 radical (unpaired) electrons. The van der Waals surface area contributed by atoms with Gasteiger partial charge in [0.15, 0.2) is 0 Å². The van der Waals surface area contributed by atoms with Crippen LogP contribution in [-0.2, 0) is 9.59 Å². The van der Waals surface area contributed by atoms with Crippen molar-refractivity contribution < 1.29 is 18.8 Å². The minimum Gasteiger partial charge on any atom is -0.326 e. The number of anilines is 1. The number of imide groups is 1. The van der Waals surface area contributed by atoms with Crippen molar-refractivity contribution in [3.8, 4) is 0 Å². The van der Waals surface area contributed by atoms with Gasteiger partial charge in [0.25, 0.3) is 5.91 Å². The van der Waals surface area contributed by atoms with E-state index in [4.69, 9.17) is 0 Å². The topological polar surface area (TPSA) is 78.5 Å². The lowest BCUT2D eigenvalue weighted by atomic mass is 10.2. The molecule has 6 nitrogen and oxygen atoms in total. The summed E-state index contributed by atoms with van der Waals surface area (Å²) < 4.78 is 13.4. The third-order valence-corrected chi connectivity index (χ3v) is 3.81. The lowest BCUT2D eigenvalue weighted by Gasteiger charge is -2.13. The molecule has 0 bridgehead atoms. The zero-order chi connectivity index (χ0) is 16.1. The standard InChI is InChI=1S/C14H16FN3O3S/c1-22-7-6-11-13(20)18(14(21)17-11)8-12(19)16-10-5-3-2-4-9(10)15/h2-5,11H,6-8H2,1H3,(H,16,19)(H,17,21). The molecular formula is C14H16FN3O3S. The highest BCUT2D eigenvalue weighted by atomic mass is 32.2. The summed E-state index contributed by atoms with van der Waals surface area (Å²) in [5, 5.41) is 4.88. The number of thioether (sulfide) groups is 1. The molecule has 0 saturated carbocycles. The number of rotatable bonds is 6. The largest absolute Gasteiger partial charge is 0.326 e. The predicted octanol–water partition coefficient (Wildman–Crippen LogP) is 1.44. The van der Waals surface area contributed by atoms with Gasteiger partial charge in [-0.1, -0.05) is 12.1 Å². The number of nitrogens with one attached hydrogen (secondary N) is 2. The molecule has 2 N–H and O–H groups in total. The van der Waals surface area contributed by atoms with E-state index >= 15 is 0 Å². The molecule has 22 heavy (non-hydrogen) atoms. The van der Waals surface area contributed by atoms with Crippen LogP contribution in [0, 0.1) is 5.82 Å². The lowest BCUT2D eigenvalue weighted by molar-refractivity contribution is -0.130. The highest BCUT2D eigenvalue weighted by Crippen LogP contribution is 2.14. The van der Waals surface area contributed by atoms with E-state index < -0.39 is 36.2 Å². The van der Waals surface area contributed by atoms with Gasteiger partial charge >= 0.3 is 6.03 Å². The second-order valence-electron chi connectivity index (χ2n) is 4.74. The first-order valence-electron chi connectivity index (χ1n) is 6.68. The summed E-state index contributed by atoms with van der Waals surface area (Å²) >= 11 is 1.57. The lowest BCUT2D eigenvalue weighted by Crippen LogP contribution is -2.38. The molecule has 1 aliphatic rings. The Morgan fingerprint density at radius 1 is 1.41 bits per heavy atom. The normalized spacial score (nSPS) is 17.5. The van der Waals surface area contributed by atoms with Gasteiger partial charge in [0.05, 0.1) is 5.69 Å². The molecule has 8 heteroatoms. The number of carbonyl (C=O) groups excluding carboxylic acids is 3. The molecule has 1 heterocycles. The van der Waals surface area contributed by atoms with Crippen LogP contribution in [0.1, 0.15) is 6.42 Å². The first kappa shape index (κ1) is 16.3. The van der Waals surface area contributed by atoms with E-state index in [-0.39, 0.29) is 5.69 Å². The van der Waals surface area contributed by atoms with Gasteiger partial charge in [-0.3, -0.25) is 14.5 Å². The van der Waals surface area contributed by atoms with Crippen LogP contribution in [0.2, 0.25) is 0 Å². The van der Waals surface area contributed by atoms with E-state index in [1.165, 1.54) is 18.2 Å². The Labute approximate surface area is 131 Å². The molecule has 0 spiro atoms. The number of amides is 4. The molecule has 1 saturated heterocycles. The number of para-hydroxylation sites is 1. The van der Waals surface area contributed by atoms with Gasteiger partial charge in [0.2, 0.25) is 5.91 Å². The maximum Gasteiger partial charge on any atom is 0.325 e. The smallest absolute Gasteiger partial charge is 0.325 e. The molecule has 0 aliphatic carbocycles. The highest BCUT2D eigenvalue weighted by molar-refractivity contribution is 7.98. The van der Waals surface area contributed by atoms with Crippen molar-refractivity contribution in [3.05, 3.63) is 30.1 Å². The maximum absolute atomic E-state index is 13.4. The van der Waals surface area contributed by atoms with E-state index in [1.54, 1.807) is 17.8 Å². The summed E-state index contributed by atoms with van der Waals surface area (Å²) in [6.07, 6.45) is 2.41. The second kappa shape index (κ2) is 7.26. The van der Waals surface area contributed by atoms with Crippen LogP contribution in [0.4, 0.5) is 14.9 Å². The zero-order valence-electron chi connectivity index (χ0n) is 12.0. The first-order chi connectivity index (χ1) is 10.5. The SMILES string of the molecule is CSCCC1NC(=O)N(CC(=O)Nc2ccccc2F)C1=O. The Balaban J connectivity index is 1.95. The average Bonchev–Trinajstić information content (AvgIpc) is 2.75. The number of halogens is 1. The quantitative estimate of drug-likeness (QED) is 0.776. The van der Waals surface area contributed by atoms with Crippen molar-refractivity contribution in [1.82, 2.24) is 10.2 Å². The second-order valence-corrected chi connectivity index (χ2v) is 5.72. The summed E-state index contributed by atoms with van der Waals surface area (Å²) in [4.78, 5) is 36.5. The van der Waals surface area contributed by atoms with Crippen LogP contribution in [0.25, 0.3) is 0 Å². The Morgan fingerprint density at radius 3 is 2.82 bits per heavy atom.